The molecule has 0 saturated heterocycles. The minimum absolute atomic E-state index is 0.0000759. The Morgan fingerprint density at radius 3 is 1.38 bits per heavy atom. The number of para-hydroxylation sites is 2. The number of aromatic nitrogens is 4. The zero-order chi connectivity index (χ0) is 43.3. The molecule has 0 bridgehead atoms. The van der Waals surface area contributed by atoms with Crippen molar-refractivity contribution in [1.82, 2.24) is 19.5 Å². The SMILES string of the molecule is [2H]c1c([2H])c([2H])c2c(c1[2H])c1c([2H])c([2H])c([2H])c([2H])c1n2-c1cc(-c2ccccc2)cc(-c2nc(-c3ccccc3)nc(-c3ccc4c5ccccc5c5ccccc5c4c3)n2)c1. The largest absolute Gasteiger partial charge is 0.309 e. The summed E-state index contributed by atoms with van der Waals surface area (Å²) in [6, 6.07) is 44.4. The molecule has 2 heterocycles. The summed E-state index contributed by atoms with van der Waals surface area (Å²) in [5.41, 5.74) is 4.07. The van der Waals surface area contributed by atoms with Crippen LogP contribution in [0.4, 0.5) is 0 Å². The highest BCUT2D eigenvalue weighted by molar-refractivity contribution is 6.25. The van der Waals surface area contributed by atoms with Crippen molar-refractivity contribution >= 4 is 54.1 Å². The minimum Gasteiger partial charge on any atom is -0.309 e. The molecule has 4 heteroatoms. The average molecular weight is 709 g/mol. The Bertz CT molecular complexity index is 3610. The second-order valence-corrected chi connectivity index (χ2v) is 13.4. The first-order valence-electron chi connectivity index (χ1n) is 22.0. The molecule has 0 atom stereocenters. The van der Waals surface area contributed by atoms with E-state index in [1.807, 2.05) is 84.9 Å². The summed E-state index contributed by atoms with van der Waals surface area (Å²) in [7, 11) is 0. The molecule has 0 saturated carbocycles. The molecular weight excluding hydrogens is 669 g/mol. The van der Waals surface area contributed by atoms with Crippen LogP contribution in [0.2, 0.25) is 0 Å². The van der Waals surface area contributed by atoms with Gasteiger partial charge in [-0.3, -0.25) is 0 Å². The van der Waals surface area contributed by atoms with Crippen LogP contribution in [0.25, 0.3) is 105 Å². The quantitative estimate of drug-likeness (QED) is 0.167. The van der Waals surface area contributed by atoms with Crippen LogP contribution in [0, 0.1) is 0 Å². The predicted octanol–water partition coefficient (Wildman–Crippen LogP) is 13.1. The van der Waals surface area contributed by atoms with Crippen molar-refractivity contribution in [3.8, 4) is 51.0 Å². The first kappa shape index (κ1) is 24.0. The van der Waals surface area contributed by atoms with E-state index >= 15 is 0 Å². The molecule has 0 aliphatic rings. The maximum atomic E-state index is 9.17. The molecule has 2 aromatic heterocycles. The number of benzene rings is 9. The van der Waals surface area contributed by atoms with Gasteiger partial charge in [-0.1, -0.05) is 158 Å². The normalized spacial score (nSPS) is 13.7. The van der Waals surface area contributed by atoms with Gasteiger partial charge < -0.3 is 4.57 Å². The van der Waals surface area contributed by atoms with Gasteiger partial charge in [0.05, 0.1) is 22.0 Å². The van der Waals surface area contributed by atoms with Gasteiger partial charge in [-0.25, -0.2) is 15.0 Å². The van der Waals surface area contributed by atoms with Gasteiger partial charge in [-0.2, -0.15) is 0 Å². The van der Waals surface area contributed by atoms with Crippen molar-refractivity contribution in [1.29, 1.82) is 0 Å². The number of rotatable bonds is 5. The standard InChI is InChI=1S/C51H32N4/c1-3-15-33(16-4-1)36-29-37(31-38(30-36)55-47-25-13-11-23-44(47)45-24-12-14-26-48(45)55)51-53-49(34-17-5-2-6-18-34)52-50(54-51)35-27-28-43-41-21-8-7-19-39(41)40-20-9-10-22-42(40)46(43)32-35/h1-32H/i11D,12D,13D,14D,23D,24D,25D,26D. The third-order valence-electron chi connectivity index (χ3n) is 10.2. The second kappa shape index (κ2) is 12.6. The summed E-state index contributed by atoms with van der Waals surface area (Å²) >= 11 is 0. The molecule has 55 heavy (non-hydrogen) atoms. The van der Waals surface area contributed by atoms with Gasteiger partial charge in [-0.15, -0.1) is 0 Å². The molecule has 0 aliphatic heterocycles. The number of hydrogen-bond donors (Lipinski definition) is 0. The average Bonchev–Trinajstić information content (AvgIpc) is 3.71. The predicted molar refractivity (Wildman–Crippen MR) is 228 cm³/mol. The fourth-order valence-electron chi connectivity index (χ4n) is 7.74. The highest BCUT2D eigenvalue weighted by Gasteiger charge is 2.18. The van der Waals surface area contributed by atoms with Crippen molar-refractivity contribution in [2.45, 2.75) is 0 Å². The van der Waals surface area contributed by atoms with Gasteiger partial charge in [-0.05, 0) is 79.8 Å². The van der Waals surface area contributed by atoms with Gasteiger partial charge in [0.1, 0.15) is 0 Å². The zero-order valence-electron chi connectivity index (χ0n) is 37.1. The zero-order valence-corrected chi connectivity index (χ0v) is 29.1. The second-order valence-electron chi connectivity index (χ2n) is 13.4. The van der Waals surface area contributed by atoms with Crippen molar-refractivity contribution in [2.24, 2.45) is 0 Å². The van der Waals surface area contributed by atoms with Gasteiger partial charge in [0.2, 0.25) is 0 Å². The molecule has 0 aliphatic carbocycles. The fraction of sp³-hybridized carbons (Fsp3) is 0. The first-order valence-corrected chi connectivity index (χ1v) is 18.0. The molecule has 11 rings (SSSR count). The van der Waals surface area contributed by atoms with Crippen molar-refractivity contribution < 1.29 is 11.0 Å². The summed E-state index contributed by atoms with van der Waals surface area (Å²) in [5.74, 6) is 1.20. The van der Waals surface area contributed by atoms with E-state index in [2.05, 4.69) is 54.6 Å². The smallest absolute Gasteiger partial charge is 0.164 e. The topological polar surface area (TPSA) is 43.6 Å². The van der Waals surface area contributed by atoms with E-state index in [9.17, 15) is 2.74 Å². The van der Waals surface area contributed by atoms with E-state index in [0.29, 0.717) is 34.3 Å². The Morgan fingerprint density at radius 1 is 0.327 bits per heavy atom. The van der Waals surface area contributed by atoms with Crippen LogP contribution in [0.15, 0.2) is 194 Å². The lowest BCUT2D eigenvalue weighted by Crippen LogP contribution is -2.02. The summed E-state index contributed by atoms with van der Waals surface area (Å²) in [6.45, 7) is 0. The van der Waals surface area contributed by atoms with Crippen LogP contribution >= 0.6 is 0 Å². The van der Waals surface area contributed by atoms with E-state index in [4.69, 9.17) is 23.2 Å². The van der Waals surface area contributed by atoms with Crippen LogP contribution in [0.3, 0.4) is 0 Å². The van der Waals surface area contributed by atoms with Crippen molar-refractivity contribution in [2.75, 3.05) is 0 Å². The van der Waals surface area contributed by atoms with E-state index < -0.39 is 36.3 Å². The van der Waals surface area contributed by atoms with E-state index in [1.165, 1.54) is 9.95 Å². The van der Waals surface area contributed by atoms with Crippen LogP contribution < -0.4 is 0 Å². The van der Waals surface area contributed by atoms with Crippen molar-refractivity contribution in [3.63, 3.8) is 0 Å². The third kappa shape index (κ3) is 5.19. The molecule has 11 aromatic rings. The minimum atomic E-state index is -0.501. The number of hydrogen-bond acceptors (Lipinski definition) is 3. The maximum Gasteiger partial charge on any atom is 0.164 e. The molecule has 0 unspecified atom stereocenters. The van der Waals surface area contributed by atoms with Crippen LogP contribution in [-0.2, 0) is 0 Å². The van der Waals surface area contributed by atoms with Crippen molar-refractivity contribution in [3.05, 3.63) is 194 Å². The Kier molecular flexibility index (Phi) is 5.50. The molecule has 0 N–H and O–H groups in total. The van der Waals surface area contributed by atoms with Crippen LogP contribution in [0.5, 0.6) is 0 Å². The Balaban J connectivity index is 1.22. The summed E-state index contributed by atoms with van der Waals surface area (Å²) in [6.07, 6.45) is 0. The Labute approximate surface area is 328 Å². The molecule has 0 radical (unpaired) electrons. The molecular formula is C51H32N4. The van der Waals surface area contributed by atoms with Gasteiger partial charge in [0.15, 0.2) is 17.5 Å². The van der Waals surface area contributed by atoms with Crippen LogP contribution in [-0.4, -0.2) is 19.5 Å². The lowest BCUT2D eigenvalue weighted by molar-refractivity contribution is 1.07. The molecule has 0 fully saturated rings. The monoisotopic (exact) mass is 708 g/mol. The molecule has 9 aromatic carbocycles. The highest BCUT2D eigenvalue weighted by atomic mass is 15.0. The Hall–Kier alpha value is -7.43. The Morgan fingerprint density at radius 2 is 0.782 bits per heavy atom. The number of nitrogens with zero attached hydrogens (tertiary/aromatic N) is 4. The number of fused-ring (bicyclic) bond motifs is 9. The summed E-state index contributed by atoms with van der Waals surface area (Å²) in [5, 5.41) is 6.72. The third-order valence-corrected chi connectivity index (χ3v) is 10.2. The van der Waals surface area contributed by atoms with Crippen LogP contribution in [0.1, 0.15) is 11.0 Å². The lowest BCUT2D eigenvalue weighted by atomic mass is 9.93. The molecule has 4 nitrogen and oxygen atoms in total. The van der Waals surface area contributed by atoms with E-state index in [0.717, 1.165) is 43.6 Å². The van der Waals surface area contributed by atoms with Gasteiger partial charge in [0, 0.05) is 33.2 Å². The lowest BCUT2D eigenvalue weighted by Gasteiger charge is -2.15. The molecule has 0 spiro atoms. The molecule has 256 valence electrons. The first-order chi connectivity index (χ1) is 30.6. The molecule has 0 amide bonds. The summed E-state index contributed by atoms with van der Waals surface area (Å²) < 4.78 is 72.3. The van der Waals surface area contributed by atoms with Gasteiger partial charge >= 0.3 is 0 Å². The summed E-state index contributed by atoms with van der Waals surface area (Å²) in [4.78, 5) is 15.3. The van der Waals surface area contributed by atoms with Gasteiger partial charge in [0.25, 0.3) is 0 Å². The maximum absolute atomic E-state index is 9.17. The highest BCUT2D eigenvalue weighted by Crippen LogP contribution is 2.39. The fourth-order valence-corrected chi connectivity index (χ4v) is 7.74. The van der Waals surface area contributed by atoms with E-state index in [1.54, 1.807) is 6.07 Å². The van der Waals surface area contributed by atoms with E-state index in [-0.39, 0.29) is 33.9 Å².